The van der Waals surface area contributed by atoms with Crippen molar-refractivity contribution >= 4 is 96.2 Å². The van der Waals surface area contributed by atoms with Crippen LogP contribution in [0.3, 0.4) is 0 Å². The molecule has 0 aliphatic carbocycles. The second-order valence-corrected chi connectivity index (χ2v) is 4.83. The molecular formula is C8H14CaO2S4. The first-order chi connectivity index (χ1) is 6.25. The SMILES string of the molecule is CC(C)OC(=S)[S-].CC(C)OC(=S)[S-].[Ca+2]. The van der Waals surface area contributed by atoms with Crippen LogP contribution in [0.4, 0.5) is 0 Å². The third kappa shape index (κ3) is 31.3. The fourth-order valence-corrected chi connectivity index (χ4v) is 1.15. The fourth-order valence-electron chi connectivity index (χ4n) is 0.385. The average molecular weight is 311 g/mol. The molecule has 0 fully saturated rings. The van der Waals surface area contributed by atoms with E-state index in [2.05, 4.69) is 49.7 Å². The van der Waals surface area contributed by atoms with Gasteiger partial charge in [0.15, 0.2) is 0 Å². The fraction of sp³-hybridized carbons (Fsp3) is 0.750. The van der Waals surface area contributed by atoms with Crippen molar-refractivity contribution < 1.29 is 9.47 Å². The molecule has 15 heavy (non-hydrogen) atoms. The molecule has 0 atom stereocenters. The summed E-state index contributed by atoms with van der Waals surface area (Å²) >= 11 is 17.9. The molecule has 0 rings (SSSR count). The molecule has 0 saturated heterocycles. The van der Waals surface area contributed by atoms with Crippen molar-refractivity contribution in [2.24, 2.45) is 0 Å². The van der Waals surface area contributed by atoms with Gasteiger partial charge in [-0.15, -0.1) is 0 Å². The molecule has 84 valence electrons. The van der Waals surface area contributed by atoms with E-state index in [1.165, 1.54) is 0 Å². The second-order valence-electron chi connectivity index (χ2n) is 2.83. The Bertz CT molecular complexity index is 165. The summed E-state index contributed by atoms with van der Waals surface area (Å²) in [5.74, 6) is 0. The maximum Gasteiger partial charge on any atom is 2.00 e. The summed E-state index contributed by atoms with van der Waals surface area (Å²) in [6.45, 7) is 7.55. The van der Waals surface area contributed by atoms with Crippen molar-refractivity contribution in [2.45, 2.75) is 39.9 Å². The standard InChI is InChI=1S/2C4H8OS2.Ca/c2*1-3(2)5-4(6)7;/h2*3H,1-2H3,(H,6,7);/q;;+2/p-2. The zero-order valence-corrected chi connectivity index (χ0v) is 14.8. The quantitative estimate of drug-likeness (QED) is 0.439. The predicted molar refractivity (Wildman–Crippen MR) is 78.1 cm³/mol. The van der Waals surface area contributed by atoms with E-state index in [9.17, 15) is 0 Å². The summed E-state index contributed by atoms with van der Waals surface area (Å²) in [7, 11) is 0. The summed E-state index contributed by atoms with van der Waals surface area (Å²) in [5.41, 5.74) is 0. The van der Waals surface area contributed by atoms with Gasteiger partial charge in [-0.25, -0.2) is 0 Å². The predicted octanol–water partition coefficient (Wildman–Crippen LogP) is 2.11. The van der Waals surface area contributed by atoms with E-state index in [0.717, 1.165) is 0 Å². The van der Waals surface area contributed by atoms with Crippen LogP contribution in [0.25, 0.3) is 0 Å². The van der Waals surface area contributed by atoms with Gasteiger partial charge >= 0.3 is 37.7 Å². The average Bonchev–Trinajstić information content (AvgIpc) is 1.79. The molecule has 0 unspecified atom stereocenters. The van der Waals surface area contributed by atoms with Crippen molar-refractivity contribution in [3.63, 3.8) is 0 Å². The summed E-state index contributed by atoms with van der Waals surface area (Å²) in [5, 5.41) is 0. The van der Waals surface area contributed by atoms with E-state index >= 15 is 0 Å². The molecule has 2 nitrogen and oxygen atoms in total. The topological polar surface area (TPSA) is 18.5 Å². The van der Waals surface area contributed by atoms with Gasteiger partial charge in [-0.3, -0.25) is 0 Å². The van der Waals surface area contributed by atoms with Gasteiger partial charge in [0.05, 0.1) is 12.2 Å². The summed E-state index contributed by atoms with van der Waals surface area (Å²) < 4.78 is 10.0. The monoisotopic (exact) mass is 310 g/mol. The van der Waals surface area contributed by atoms with Gasteiger partial charge in [-0.1, -0.05) is 0 Å². The number of hydrogen-bond donors (Lipinski definition) is 0. The van der Waals surface area contributed by atoms with E-state index in [-0.39, 0.29) is 58.7 Å². The van der Waals surface area contributed by atoms with Crippen LogP contribution in [-0.4, -0.2) is 58.7 Å². The van der Waals surface area contributed by atoms with Crippen molar-refractivity contribution in [3.8, 4) is 0 Å². The van der Waals surface area contributed by atoms with Crippen molar-refractivity contribution in [1.29, 1.82) is 0 Å². The number of ether oxygens (including phenoxy) is 2. The number of hydrogen-bond acceptors (Lipinski definition) is 6. The van der Waals surface area contributed by atoms with Crippen LogP contribution in [0.2, 0.25) is 0 Å². The minimum Gasteiger partial charge on any atom is -0.511 e. The Morgan fingerprint density at radius 3 is 1.07 bits per heavy atom. The minimum absolute atomic E-state index is 0. The first-order valence-electron chi connectivity index (χ1n) is 4.01. The molecule has 0 aromatic rings. The van der Waals surface area contributed by atoms with E-state index < -0.39 is 0 Å². The molecule has 7 heteroatoms. The first-order valence-corrected chi connectivity index (χ1v) is 5.64. The molecule has 0 saturated carbocycles. The smallest absolute Gasteiger partial charge is 0.511 e. The zero-order chi connectivity index (χ0) is 11.7. The van der Waals surface area contributed by atoms with Gasteiger partial charge in [-0.05, 0) is 27.7 Å². The Morgan fingerprint density at radius 1 is 0.867 bits per heavy atom. The molecule has 0 aromatic heterocycles. The molecule has 0 bridgehead atoms. The van der Waals surface area contributed by atoms with Crippen LogP contribution in [0.15, 0.2) is 0 Å². The Kier molecular flexibility index (Phi) is 19.6. The van der Waals surface area contributed by atoms with Crippen LogP contribution >= 0.6 is 24.4 Å². The van der Waals surface area contributed by atoms with Crippen molar-refractivity contribution in [3.05, 3.63) is 0 Å². The van der Waals surface area contributed by atoms with Crippen molar-refractivity contribution in [1.82, 2.24) is 0 Å². The minimum atomic E-state index is 0. The maximum absolute atomic E-state index is 4.80. The van der Waals surface area contributed by atoms with Crippen LogP contribution in [-0.2, 0) is 34.7 Å². The van der Waals surface area contributed by atoms with E-state index in [1.54, 1.807) is 0 Å². The normalized spacial score (nSPS) is 8.40. The first kappa shape index (κ1) is 21.7. The largest absolute Gasteiger partial charge is 2.00 e. The molecule has 0 heterocycles. The van der Waals surface area contributed by atoms with Gasteiger partial charge in [0.1, 0.15) is 0 Å². The Labute approximate surface area is 144 Å². The molecule has 0 aliphatic heterocycles. The molecule has 0 aliphatic rings. The molecular weight excluding hydrogens is 296 g/mol. The molecule has 0 spiro atoms. The number of rotatable bonds is 2. The van der Waals surface area contributed by atoms with Gasteiger partial charge < -0.3 is 59.2 Å². The molecule has 0 amide bonds. The zero-order valence-electron chi connectivity index (χ0n) is 9.31. The third-order valence-corrected chi connectivity index (χ3v) is 1.05. The molecule has 0 aromatic carbocycles. The second kappa shape index (κ2) is 13.5. The van der Waals surface area contributed by atoms with Gasteiger partial charge in [0.2, 0.25) is 0 Å². The van der Waals surface area contributed by atoms with Crippen molar-refractivity contribution in [2.75, 3.05) is 0 Å². The van der Waals surface area contributed by atoms with E-state index in [0.29, 0.717) is 0 Å². The molecule has 0 radical (unpaired) electrons. The molecule has 0 N–H and O–H groups in total. The summed E-state index contributed by atoms with van der Waals surface area (Å²) in [4.78, 5) is 0. The van der Waals surface area contributed by atoms with Gasteiger partial charge in [0, 0.05) is 8.77 Å². The Balaban J connectivity index is -0.000000180. The third-order valence-electron chi connectivity index (χ3n) is 0.664. The Morgan fingerprint density at radius 2 is 1.07 bits per heavy atom. The number of thiocarbonyl (C=S) groups is 2. The Hall–Kier alpha value is 1.48. The van der Waals surface area contributed by atoms with E-state index in [4.69, 9.17) is 9.47 Å². The maximum atomic E-state index is 4.80. The van der Waals surface area contributed by atoms with Crippen LogP contribution in [0, 0.1) is 0 Å². The van der Waals surface area contributed by atoms with Crippen LogP contribution in [0.5, 0.6) is 0 Å². The van der Waals surface area contributed by atoms with Crippen LogP contribution < -0.4 is 0 Å². The van der Waals surface area contributed by atoms with Gasteiger partial charge in [0.25, 0.3) is 0 Å². The summed E-state index contributed by atoms with van der Waals surface area (Å²) in [6.07, 6.45) is 0.259. The van der Waals surface area contributed by atoms with Gasteiger partial charge in [-0.2, -0.15) is 0 Å². The summed E-state index contributed by atoms with van der Waals surface area (Å²) in [6, 6.07) is 0. The van der Waals surface area contributed by atoms with Crippen LogP contribution in [0.1, 0.15) is 27.7 Å². The van der Waals surface area contributed by atoms with E-state index in [1.807, 2.05) is 27.7 Å².